The van der Waals surface area contributed by atoms with E-state index in [2.05, 4.69) is 51.8 Å². The normalized spacial score (nSPS) is 22.1. The predicted octanol–water partition coefficient (Wildman–Crippen LogP) is 3.45. The maximum Gasteiger partial charge on any atom is 0.0701 e. The summed E-state index contributed by atoms with van der Waals surface area (Å²) in [5.41, 5.74) is 0. The highest BCUT2D eigenvalue weighted by atomic mass is 79.9. The van der Waals surface area contributed by atoms with E-state index < -0.39 is 0 Å². The van der Waals surface area contributed by atoms with Gasteiger partial charge in [0.05, 0.1) is 3.79 Å². The summed E-state index contributed by atoms with van der Waals surface area (Å²) in [4.78, 5) is 3.94. The molecule has 0 N–H and O–H groups in total. The van der Waals surface area contributed by atoms with Gasteiger partial charge in [-0.2, -0.15) is 11.8 Å². The average molecular weight is 292 g/mol. The van der Waals surface area contributed by atoms with Crippen molar-refractivity contribution in [3.05, 3.63) is 20.8 Å². The number of thiophene rings is 1. The Balaban J connectivity index is 1.90. The fourth-order valence-corrected chi connectivity index (χ4v) is 4.53. The number of thioether (sulfide) groups is 1. The van der Waals surface area contributed by atoms with Crippen LogP contribution in [-0.4, -0.2) is 29.5 Å². The van der Waals surface area contributed by atoms with Crippen molar-refractivity contribution in [3.63, 3.8) is 0 Å². The van der Waals surface area contributed by atoms with Crippen molar-refractivity contribution in [3.8, 4) is 0 Å². The summed E-state index contributed by atoms with van der Waals surface area (Å²) < 4.78 is 1.24. The Morgan fingerprint density at radius 2 is 2.43 bits per heavy atom. The first-order valence-electron chi connectivity index (χ1n) is 4.78. The Bertz CT molecular complexity index is 294. The van der Waals surface area contributed by atoms with E-state index in [1.807, 2.05) is 11.3 Å². The molecule has 1 aromatic heterocycles. The Hall–Kier alpha value is 0.490. The van der Waals surface area contributed by atoms with E-state index in [1.54, 1.807) is 0 Å². The van der Waals surface area contributed by atoms with Crippen LogP contribution in [0.4, 0.5) is 0 Å². The standard InChI is InChI=1S/C10H14BrNS2/c1-12(8-4-5-13-7-8)6-9-2-3-10(11)14-9/h2-3,8H,4-7H2,1H3. The minimum atomic E-state index is 0.792. The van der Waals surface area contributed by atoms with Gasteiger partial charge in [0.25, 0.3) is 0 Å². The van der Waals surface area contributed by atoms with Crippen molar-refractivity contribution in [2.24, 2.45) is 0 Å². The lowest BCUT2D eigenvalue weighted by Crippen LogP contribution is -2.30. The predicted molar refractivity (Wildman–Crippen MR) is 69.2 cm³/mol. The van der Waals surface area contributed by atoms with Crippen LogP contribution < -0.4 is 0 Å². The van der Waals surface area contributed by atoms with Gasteiger partial charge in [-0.1, -0.05) is 0 Å². The topological polar surface area (TPSA) is 3.24 Å². The van der Waals surface area contributed by atoms with Crippen LogP contribution in [0.25, 0.3) is 0 Å². The van der Waals surface area contributed by atoms with Gasteiger partial charge in [-0.25, -0.2) is 0 Å². The Morgan fingerprint density at radius 1 is 1.57 bits per heavy atom. The molecule has 14 heavy (non-hydrogen) atoms. The van der Waals surface area contributed by atoms with Gasteiger partial charge in [-0.3, -0.25) is 4.90 Å². The van der Waals surface area contributed by atoms with Crippen molar-refractivity contribution in [1.29, 1.82) is 0 Å². The first-order chi connectivity index (χ1) is 6.75. The molecule has 1 unspecified atom stereocenters. The van der Waals surface area contributed by atoms with Crippen molar-refractivity contribution >= 4 is 39.0 Å². The van der Waals surface area contributed by atoms with E-state index in [9.17, 15) is 0 Å². The lowest BCUT2D eigenvalue weighted by Gasteiger charge is -2.22. The number of hydrogen-bond donors (Lipinski definition) is 0. The third-order valence-electron chi connectivity index (χ3n) is 2.56. The van der Waals surface area contributed by atoms with Crippen LogP contribution >= 0.6 is 39.0 Å². The lowest BCUT2D eigenvalue weighted by molar-refractivity contribution is 0.256. The largest absolute Gasteiger partial charge is 0.297 e. The monoisotopic (exact) mass is 291 g/mol. The lowest BCUT2D eigenvalue weighted by atomic mass is 10.2. The van der Waals surface area contributed by atoms with Crippen molar-refractivity contribution < 1.29 is 0 Å². The summed E-state index contributed by atoms with van der Waals surface area (Å²) in [6.45, 7) is 1.10. The zero-order valence-electron chi connectivity index (χ0n) is 8.20. The molecule has 2 rings (SSSR count). The van der Waals surface area contributed by atoms with Crippen molar-refractivity contribution in [2.75, 3.05) is 18.6 Å². The highest BCUT2D eigenvalue weighted by Gasteiger charge is 2.20. The van der Waals surface area contributed by atoms with Crippen LogP contribution in [0.5, 0.6) is 0 Å². The Kier molecular flexibility index (Phi) is 3.93. The first kappa shape index (κ1) is 11.0. The number of hydrogen-bond acceptors (Lipinski definition) is 3. The minimum absolute atomic E-state index is 0.792. The molecule has 1 fully saturated rings. The summed E-state index contributed by atoms with van der Waals surface area (Å²) in [6.07, 6.45) is 1.35. The quantitative estimate of drug-likeness (QED) is 0.839. The highest BCUT2D eigenvalue weighted by molar-refractivity contribution is 9.11. The maximum absolute atomic E-state index is 3.50. The molecule has 0 aromatic carbocycles. The number of rotatable bonds is 3. The summed E-state index contributed by atoms with van der Waals surface area (Å²) in [5.74, 6) is 2.65. The molecule has 0 bridgehead atoms. The van der Waals surface area contributed by atoms with Crippen LogP contribution in [0.1, 0.15) is 11.3 Å². The molecule has 78 valence electrons. The summed E-state index contributed by atoms with van der Waals surface area (Å²) in [7, 11) is 2.24. The molecule has 4 heteroatoms. The van der Waals surface area contributed by atoms with Gasteiger partial charge in [0.1, 0.15) is 0 Å². The second-order valence-electron chi connectivity index (χ2n) is 3.64. The van der Waals surface area contributed by atoms with Crippen LogP contribution in [0.3, 0.4) is 0 Å². The Morgan fingerprint density at radius 3 is 3.00 bits per heavy atom. The molecular formula is C10H14BrNS2. The molecule has 2 heterocycles. The van der Waals surface area contributed by atoms with Crippen molar-refractivity contribution in [1.82, 2.24) is 4.90 Å². The van der Waals surface area contributed by atoms with E-state index in [0.29, 0.717) is 0 Å². The van der Waals surface area contributed by atoms with Crippen LogP contribution in [-0.2, 0) is 6.54 Å². The van der Waals surface area contributed by atoms with E-state index >= 15 is 0 Å². The fraction of sp³-hybridized carbons (Fsp3) is 0.600. The SMILES string of the molecule is CN(Cc1ccc(Br)s1)C1CCSC1. The highest BCUT2D eigenvalue weighted by Crippen LogP contribution is 2.26. The van der Waals surface area contributed by atoms with Crippen LogP contribution in [0.2, 0.25) is 0 Å². The molecule has 0 saturated carbocycles. The van der Waals surface area contributed by atoms with Crippen molar-refractivity contribution in [2.45, 2.75) is 19.0 Å². The third-order valence-corrected chi connectivity index (χ3v) is 5.32. The van der Waals surface area contributed by atoms with Gasteiger partial charge in [0.2, 0.25) is 0 Å². The molecule has 1 aliphatic heterocycles. The van der Waals surface area contributed by atoms with Gasteiger partial charge in [-0.05, 0) is 47.3 Å². The maximum atomic E-state index is 3.50. The zero-order valence-corrected chi connectivity index (χ0v) is 11.4. The third kappa shape index (κ3) is 2.75. The summed E-state index contributed by atoms with van der Waals surface area (Å²) >= 11 is 7.42. The fourth-order valence-electron chi connectivity index (χ4n) is 1.68. The average Bonchev–Trinajstić information content (AvgIpc) is 2.75. The molecular weight excluding hydrogens is 278 g/mol. The molecule has 0 aliphatic carbocycles. The molecule has 1 atom stereocenters. The second-order valence-corrected chi connectivity index (χ2v) is 7.34. The second kappa shape index (κ2) is 5.01. The van der Waals surface area contributed by atoms with Crippen LogP contribution in [0, 0.1) is 0 Å². The first-order valence-corrected chi connectivity index (χ1v) is 7.54. The smallest absolute Gasteiger partial charge is 0.0701 e. The molecule has 1 aromatic rings. The van der Waals surface area contributed by atoms with E-state index in [0.717, 1.165) is 12.6 Å². The van der Waals surface area contributed by atoms with Gasteiger partial charge in [0.15, 0.2) is 0 Å². The molecule has 1 saturated heterocycles. The van der Waals surface area contributed by atoms with E-state index in [-0.39, 0.29) is 0 Å². The van der Waals surface area contributed by atoms with E-state index in [4.69, 9.17) is 0 Å². The molecule has 0 radical (unpaired) electrons. The van der Waals surface area contributed by atoms with E-state index in [1.165, 1.54) is 26.6 Å². The Labute approximate surface area is 102 Å². The summed E-state index contributed by atoms with van der Waals surface area (Å²) in [6, 6.07) is 5.14. The minimum Gasteiger partial charge on any atom is -0.297 e. The zero-order chi connectivity index (χ0) is 9.97. The van der Waals surface area contributed by atoms with Crippen LogP contribution in [0.15, 0.2) is 15.9 Å². The molecule has 0 amide bonds. The van der Waals surface area contributed by atoms with Gasteiger partial charge >= 0.3 is 0 Å². The summed E-state index contributed by atoms with van der Waals surface area (Å²) in [5, 5.41) is 0. The number of halogens is 1. The molecule has 0 spiro atoms. The molecule has 1 aliphatic rings. The van der Waals surface area contributed by atoms with Gasteiger partial charge in [-0.15, -0.1) is 11.3 Å². The van der Waals surface area contributed by atoms with Gasteiger partial charge in [0, 0.05) is 23.2 Å². The number of nitrogens with zero attached hydrogens (tertiary/aromatic N) is 1. The molecule has 1 nitrogen and oxygen atoms in total. The van der Waals surface area contributed by atoms with Gasteiger partial charge < -0.3 is 0 Å².